The Morgan fingerprint density at radius 1 is 1.39 bits per heavy atom. The van der Waals surface area contributed by atoms with Gasteiger partial charge in [-0.15, -0.1) is 0 Å². The van der Waals surface area contributed by atoms with Gasteiger partial charge in [0, 0.05) is 0 Å². The molecule has 2 rings (SSSR count). The molecule has 0 aromatic carbocycles. The van der Waals surface area contributed by atoms with Crippen LogP contribution in [0.25, 0.3) is 0 Å². The van der Waals surface area contributed by atoms with Crippen LogP contribution in [0.5, 0.6) is 0 Å². The average Bonchev–Trinajstić information content (AvgIpc) is 2.76. The number of anilines is 1. The molecule has 2 aromatic heterocycles. The van der Waals surface area contributed by atoms with E-state index in [9.17, 15) is 0 Å². The van der Waals surface area contributed by atoms with E-state index < -0.39 is 0 Å². The predicted octanol–water partition coefficient (Wildman–Crippen LogP) is 4.11. The first-order chi connectivity index (χ1) is 8.69. The van der Waals surface area contributed by atoms with Gasteiger partial charge in [-0.3, -0.25) is 0 Å². The van der Waals surface area contributed by atoms with E-state index >= 15 is 0 Å². The summed E-state index contributed by atoms with van der Waals surface area (Å²) < 4.78 is 5.68. The van der Waals surface area contributed by atoms with Gasteiger partial charge in [-0.05, 0) is 36.9 Å². The first-order valence-corrected chi connectivity index (χ1v) is 7.39. The molecule has 0 fully saturated rings. The first-order valence-electron chi connectivity index (χ1n) is 5.61. The quantitative estimate of drug-likeness (QED) is 0.838. The lowest BCUT2D eigenvalue weighted by Gasteiger charge is -2.07. The minimum absolute atomic E-state index is 0.512. The van der Waals surface area contributed by atoms with Crippen molar-refractivity contribution in [3.05, 3.63) is 46.6 Å². The van der Waals surface area contributed by atoms with Crippen molar-refractivity contribution >= 4 is 29.1 Å². The normalized spacial score (nSPS) is 10.6. The minimum atomic E-state index is 0.512. The van der Waals surface area contributed by atoms with E-state index in [-0.39, 0.29) is 0 Å². The Labute approximate surface area is 116 Å². The molecule has 0 bridgehead atoms. The number of nitrogens with zero attached hydrogens (tertiary/aromatic N) is 1. The molecule has 0 unspecified atom stereocenters. The highest BCUT2D eigenvalue weighted by Crippen LogP contribution is 2.19. The average molecular weight is 283 g/mol. The number of aromatic nitrogens is 1. The number of thioether (sulfide) groups is 1. The molecule has 0 spiro atoms. The van der Waals surface area contributed by atoms with Gasteiger partial charge >= 0.3 is 0 Å². The Morgan fingerprint density at radius 2 is 2.17 bits per heavy atom. The maximum Gasteiger partial charge on any atom is 0.129 e. The number of aryl methyl sites for hydroxylation is 1. The maximum atomic E-state index is 5.81. The van der Waals surface area contributed by atoms with Gasteiger partial charge in [0.05, 0.1) is 24.2 Å². The van der Waals surface area contributed by atoms with E-state index in [0.717, 1.165) is 28.5 Å². The van der Waals surface area contributed by atoms with Crippen molar-refractivity contribution in [2.75, 3.05) is 11.6 Å². The zero-order valence-electron chi connectivity index (χ0n) is 10.4. The standard InChI is InChI=1S/C13H15ClN2OS/c1-9-5-13(14)16-7-12(9)15-6-10-3-4-11(17-10)8-18-2/h3-5,7,15H,6,8H2,1-2H3. The van der Waals surface area contributed by atoms with Crippen LogP contribution in [0, 0.1) is 6.92 Å². The van der Waals surface area contributed by atoms with E-state index in [2.05, 4.69) is 16.6 Å². The van der Waals surface area contributed by atoms with E-state index in [1.807, 2.05) is 25.1 Å². The minimum Gasteiger partial charge on any atom is -0.463 e. The van der Waals surface area contributed by atoms with Crippen molar-refractivity contribution < 1.29 is 4.42 Å². The second-order valence-electron chi connectivity index (χ2n) is 3.98. The van der Waals surface area contributed by atoms with Crippen LogP contribution in [0.2, 0.25) is 5.15 Å². The molecule has 0 aliphatic rings. The Bertz CT molecular complexity index is 527. The Balaban J connectivity index is 1.97. The highest BCUT2D eigenvalue weighted by atomic mass is 35.5. The summed E-state index contributed by atoms with van der Waals surface area (Å²) in [6.07, 6.45) is 3.80. The monoisotopic (exact) mass is 282 g/mol. The van der Waals surface area contributed by atoms with E-state index in [0.29, 0.717) is 11.7 Å². The number of hydrogen-bond donors (Lipinski definition) is 1. The third-order valence-electron chi connectivity index (χ3n) is 2.53. The lowest BCUT2D eigenvalue weighted by atomic mass is 10.2. The number of halogens is 1. The van der Waals surface area contributed by atoms with Crippen molar-refractivity contribution in [2.45, 2.75) is 19.2 Å². The lowest BCUT2D eigenvalue weighted by molar-refractivity contribution is 0.487. The summed E-state index contributed by atoms with van der Waals surface area (Å²) in [4.78, 5) is 4.06. The summed E-state index contributed by atoms with van der Waals surface area (Å²) in [5, 5.41) is 3.80. The molecule has 0 atom stereocenters. The molecule has 5 heteroatoms. The van der Waals surface area contributed by atoms with Crippen molar-refractivity contribution in [1.82, 2.24) is 4.98 Å². The third-order valence-corrected chi connectivity index (χ3v) is 3.31. The summed E-state index contributed by atoms with van der Waals surface area (Å²) >= 11 is 7.56. The van der Waals surface area contributed by atoms with Crippen molar-refractivity contribution in [1.29, 1.82) is 0 Å². The zero-order chi connectivity index (χ0) is 13.0. The van der Waals surface area contributed by atoms with Gasteiger partial charge in [0.15, 0.2) is 0 Å². The van der Waals surface area contributed by atoms with Crippen LogP contribution in [0.3, 0.4) is 0 Å². The number of hydrogen-bond acceptors (Lipinski definition) is 4. The third kappa shape index (κ3) is 3.43. The van der Waals surface area contributed by atoms with Crippen LogP contribution in [-0.2, 0) is 12.3 Å². The second-order valence-corrected chi connectivity index (χ2v) is 5.23. The molecule has 3 nitrogen and oxygen atoms in total. The van der Waals surface area contributed by atoms with Crippen LogP contribution >= 0.6 is 23.4 Å². The number of furan rings is 1. The molecule has 18 heavy (non-hydrogen) atoms. The molecule has 0 radical (unpaired) electrons. The molecular formula is C13H15ClN2OS. The summed E-state index contributed by atoms with van der Waals surface area (Å²) in [6.45, 7) is 2.65. The smallest absolute Gasteiger partial charge is 0.129 e. The number of rotatable bonds is 5. The molecule has 2 heterocycles. The van der Waals surface area contributed by atoms with E-state index in [1.165, 1.54) is 0 Å². The molecule has 0 amide bonds. The van der Waals surface area contributed by atoms with Gasteiger partial charge in [0.2, 0.25) is 0 Å². The van der Waals surface area contributed by atoms with Crippen molar-refractivity contribution in [2.24, 2.45) is 0 Å². The zero-order valence-corrected chi connectivity index (χ0v) is 11.9. The summed E-state index contributed by atoms with van der Waals surface area (Å²) in [6, 6.07) is 5.85. The summed E-state index contributed by atoms with van der Waals surface area (Å²) in [5.74, 6) is 2.83. The molecular weight excluding hydrogens is 268 g/mol. The van der Waals surface area contributed by atoms with E-state index in [4.69, 9.17) is 16.0 Å². The molecule has 0 aliphatic heterocycles. The topological polar surface area (TPSA) is 38.1 Å². The molecule has 1 N–H and O–H groups in total. The molecule has 0 aliphatic carbocycles. The van der Waals surface area contributed by atoms with Crippen LogP contribution in [0.15, 0.2) is 28.8 Å². The Morgan fingerprint density at radius 3 is 2.89 bits per heavy atom. The first kappa shape index (κ1) is 13.3. The van der Waals surface area contributed by atoms with Gasteiger partial charge in [0.25, 0.3) is 0 Å². The largest absolute Gasteiger partial charge is 0.463 e. The number of nitrogens with one attached hydrogen (secondary N) is 1. The second kappa shape index (κ2) is 6.16. The predicted molar refractivity (Wildman–Crippen MR) is 77.2 cm³/mol. The summed E-state index contributed by atoms with van der Waals surface area (Å²) in [7, 11) is 0. The fourth-order valence-electron chi connectivity index (χ4n) is 1.63. The Hall–Kier alpha value is -1.13. The molecule has 0 saturated heterocycles. The SMILES string of the molecule is CSCc1ccc(CNc2cnc(Cl)cc2C)o1. The highest BCUT2D eigenvalue weighted by Gasteiger charge is 2.03. The van der Waals surface area contributed by atoms with Gasteiger partial charge in [-0.2, -0.15) is 11.8 Å². The maximum absolute atomic E-state index is 5.81. The van der Waals surface area contributed by atoms with Gasteiger partial charge in [-0.1, -0.05) is 11.6 Å². The van der Waals surface area contributed by atoms with Crippen LogP contribution in [0.1, 0.15) is 17.1 Å². The fourth-order valence-corrected chi connectivity index (χ4v) is 2.28. The summed E-state index contributed by atoms with van der Waals surface area (Å²) in [5.41, 5.74) is 2.05. The van der Waals surface area contributed by atoms with Gasteiger partial charge in [-0.25, -0.2) is 4.98 Å². The van der Waals surface area contributed by atoms with Crippen molar-refractivity contribution in [3.63, 3.8) is 0 Å². The van der Waals surface area contributed by atoms with E-state index in [1.54, 1.807) is 18.0 Å². The highest BCUT2D eigenvalue weighted by molar-refractivity contribution is 7.97. The van der Waals surface area contributed by atoms with Crippen LogP contribution in [0.4, 0.5) is 5.69 Å². The molecule has 2 aromatic rings. The number of pyridine rings is 1. The van der Waals surface area contributed by atoms with Crippen LogP contribution in [-0.4, -0.2) is 11.2 Å². The fraction of sp³-hybridized carbons (Fsp3) is 0.308. The molecule has 96 valence electrons. The van der Waals surface area contributed by atoms with Gasteiger partial charge < -0.3 is 9.73 Å². The van der Waals surface area contributed by atoms with Crippen molar-refractivity contribution in [3.8, 4) is 0 Å². The van der Waals surface area contributed by atoms with Gasteiger partial charge in [0.1, 0.15) is 16.7 Å². The van der Waals surface area contributed by atoms with Crippen LogP contribution < -0.4 is 5.32 Å². The molecule has 0 saturated carbocycles. The lowest BCUT2D eigenvalue weighted by Crippen LogP contribution is -2.00. The Kier molecular flexibility index (Phi) is 4.55.